The van der Waals surface area contributed by atoms with Gasteiger partial charge in [-0.25, -0.2) is 0 Å². The van der Waals surface area contributed by atoms with Crippen molar-refractivity contribution in [1.29, 1.82) is 0 Å². The Hall–Kier alpha value is -1.02. The molecule has 132 valence electrons. The largest absolute Gasteiger partial charge is 0.381 e. The zero-order valence-corrected chi connectivity index (χ0v) is 15.2. The molecule has 4 rings (SSSR count). The van der Waals surface area contributed by atoms with Crippen molar-refractivity contribution in [2.45, 2.75) is 89.4 Å². The first kappa shape index (κ1) is 16.4. The number of fused-ring (bicyclic) bond motifs is 3. The van der Waals surface area contributed by atoms with E-state index >= 15 is 0 Å². The van der Waals surface area contributed by atoms with Gasteiger partial charge in [-0.3, -0.25) is 0 Å². The number of hydrogen-bond acceptors (Lipinski definition) is 2. The van der Waals surface area contributed by atoms with E-state index in [-0.39, 0.29) is 0 Å². The van der Waals surface area contributed by atoms with Gasteiger partial charge in [0.25, 0.3) is 0 Å². The van der Waals surface area contributed by atoms with Crippen LogP contribution in [0, 0.1) is 11.8 Å². The molecule has 24 heavy (non-hydrogen) atoms. The van der Waals surface area contributed by atoms with Crippen LogP contribution in [-0.2, 0) is 4.74 Å². The van der Waals surface area contributed by atoms with Gasteiger partial charge in [0, 0.05) is 23.2 Å². The van der Waals surface area contributed by atoms with Gasteiger partial charge >= 0.3 is 0 Å². The summed E-state index contributed by atoms with van der Waals surface area (Å²) in [6, 6.07) is 9.52. The maximum absolute atomic E-state index is 6.70. The highest BCUT2D eigenvalue weighted by Crippen LogP contribution is 2.49. The Morgan fingerprint density at radius 1 is 1.04 bits per heavy atom. The van der Waals surface area contributed by atoms with Crippen LogP contribution in [-0.4, -0.2) is 12.1 Å². The smallest absolute Gasteiger partial charge is 0.0896 e. The first-order valence-electron chi connectivity index (χ1n) is 10.4. The van der Waals surface area contributed by atoms with Crippen LogP contribution in [0.3, 0.4) is 0 Å². The van der Waals surface area contributed by atoms with E-state index in [2.05, 4.69) is 36.5 Å². The molecule has 1 aromatic rings. The number of nitrogens with one attached hydrogen (secondary N) is 1. The van der Waals surface area contributed by atoms with Crippen molar-refractivity contribution in [3.05, 3.63) is 29.8 Å². The number of para-hydroxylation sites is 1. The second kappa shape index (κ2) is 7.47. The Kier molecular flexibility index (Phi) is 5.12. The summed E-state index contributed by atoms with van der Waals surface area (Å²) in [6.07, 6.45) is 14.3. The second-order valence-corrected chi connectivity index (χ2v) is 8.22. The van der Waals surface area contributed by atoms with Gasteiger partial charge < -0.3 is 10.1 Å². The van der Waals surface area contributed by atoms with Crippen LogP contribution in [0.15, 0.2) is 24.3 Å². The molecule has 4 atom stereocenters. The highest BCUT2D eigenvalue weighted by atomic mass is 16.5. The van der Waals surface area contributed by atoms with Crippen LogP contribution in [0.4, 0.5) is 5.69 Å². The van der Waals surface area contributed by atoms with E-state index in [1.807, 2.05) is 0 Å². The summed E-state index contributed by atoms with van der Waals surface area (Å²) in [5.74, 6) is 1.51. The zero-order valence-electron chi connectivity index (χ0n) is 15.2. The van der Waals surface area contributed by atoms with Gasteiger partial charge in [-0.05, 0) is 44.1 Å². The fourth-order valence-electron chi connectivity index (χ4n) is 5.35. The van der Waals surface area contributed by atoms with Crippen molar-refractivity contribution in [1.82, 2.24) is 0 Å². The van der Waals surface area contributed by atoms with Gasteiger partial charge in [-0.1, -0.05) is 57.2 Å². The maximum Gasteiger partial charge on any atom is 0.0896 e. The van der Waals surface area contributed by atoms with Crippen LogP contribution in [0.5, 0.6) is 0 Å². The Labute approximate surface area is 147 Å². The molecule has 0 aromatic heterocycles. The van der Waals surface area contributed by atoms with Crippen molar-refractivity contribution in [2.24, 2.45) is 11.8 Å². The number of unbranched alkanes of at least 4 members (excludes halogenated alkanes) is 1. The molecule has 1 saturated carbocycles. The Morgan fingerprint density at radius 2 is 1.88 bits per heavy atom. The molecule has 0 amide bonds. The molecule has 0 bridgehead atoms. The molecule has 0 radical (unpaired) electrons. The van der Waals surface area contributed by atoms with E-state index in [0.717, 1.165) is 5.92 Å². The van der Waals surface area contributed by atoms with Crippen molar-refractivity contribution in [3.8, 4) is 0 Å². The molecule has 1 aromatic carbocycles. The van der Waals surface area contributed by atoms with E-state index in [1.165, 1.54) is 75.5 Å². The molecule has 4 unspecified atom stereocenters. The monoisotopic (exact) mass is 327 g/mol. The number of hydrogen-bond donors (Lipinski definition) is 1. The molecule has 1 saturated heterocycles. The maximum atomic E-state index is 6.70. The minimum absolute atomic E-state index is 0.324. The highest BCUT2D eigenvalue weighted by Gasteiger charge is 2.44. The van der Waals surface area contributed by atoms with Gasteiger partial charge in [0.05, 0.1) is 12.2 Å². The zero-order chi connectivity index (χ0) is 16.4. The topological polar surface area (TPSA) is 21.3 Å². The Balaban J connectivity index is 1.57. The third kappa shape index (κ3) is 3.22. The van der Waals surface area contributed by atoms with Crippen molar-refractivity contribution in [3.63, 3.8) is 0 Å². The van der Waals surface area contributed by atoms with Gasteiger partial charge in [-0.15, -0.1) is 0 Å². The fourth-order valence-corrected chi connectivity index (χ4v) is 5.35. The number of rotatable bonds is 4. The lowest BCUT2D eigenvalue weighted by atomic mass is 9.70. The van der Waals surface area contributed by atoms with Crippen LogP contribution in [0.2, 0.25) is 0 Å². The Bertz CT molecular complexity index is 537. The minimum Gasteiger partial charge on any atom is -0.381 e. The van der Waals surface area contributed by atoms with E-state index < -0.39 is 0 Å². The quantitative estimate of drug-likeness (QED) is 0.722. The number of anilines is 1. The predicted octanol–water partition coefficient (Wildman–Crippen LogP) is 6.09. The molecule has 2 heteroatoms. The van der Waals surface area contributed by atoms with Crippen molar-refractivity contribution < 1.29 is 4.74 Å². The SMILES string of the molecule is CCCCC1CCC2C(O1)c1ccccc1NC2C1CCCCC1. The highest BCUT2D eigenvalue weighted by molar-refractivity contribution is 5.56. The summed E-state index contributed by atoms with van der Waals surface area (Å²) in [7, 11) is 0. The average molecular weight is 328 g/mol. The van der Waals surface area contributed by atoms with E-state index in [0.29, 0.717) is 24.2 Å². The molecular formula is C22H33NO. The summed E-state index contributed by atoms with van der Waals surface area (Å²) < 4.78 is 6.70. The normalized spacial score (nSPS) is 33.4. The van der Waals surface area contributed by atoms with Crippen LogP contribution < -0.4 is 5.32 Å². The molecular weight excluding hydrogens is 294 g/mol. The lowest BCUT2D eigenvalue weighted by Crippen LogP contribution is -2.47. The van der Waals surface area contributed by atoms with Crippen molar-refractivity contribution >= 4 is 5.69 Å². The molecule has 2 heterocycles. The molecule has 3 aliphatic rings. The van der Waals surface area contributed by atoms with Gasteiger partial charge in [-0.2, -0.15) is 0 Å². The molecule has 2 aliphatic heterocycles. The third-order valence-electron chi connectivity index (χ3n) is 6.64. The standard InChI is InChI=1S/C22H33NO/c1-2-3-11-17-14-15-19-21(16-9-5-4-6-10-16)23-20-13-8-7-12-18(20)22(19)24-17/h7-8,12-13,16-17,19,21-23H,2-6,9-11,14-15H2,1H3. The minimum atomic E-state index is 0.324. The summed E-state index contributed by atoms with van der Waals surface area (Å²) in [4.78, 5) is 0. The summed E-state index contributed by atoms with van der Waals surface area (Å²) in [5.41, 5.74) is 2.75. The lowest BCUT2D eigenvalue weighted by Gasteiger charge is -2.48. The molecule has 1 aliphatic carbocycles. The van der Waals surface area contributed by atoms with Crippen molar-refractivity contribution in [2.75, 3.05) is 5.32 Å². The van der Waals surface area contributed by atoms with Crippen LogP contribution in [0.25, 0.3) is 0 Å². The van der Waals surface area contributed by atoms with E-state index in [9.17, 15) is 0 Å². The summed E-state index contributed by atoms with van der Waals surface area (Å²) in [6.45, 7) is 2.28. The Morgan fingerprint density at radius 3 is 2.71 bits per heavy atom. The van der Waals surface area contributed by atoms with E-state index in [4.69, 9.17) is 4.74 Å². The lowest BCUT2D eigenvalue weighted by molar-refractivity contribution is -0.101. The predicted molar refractivity (Wildman–Crippen MR) is 100 cm³/mol. The first-order chi connectivity index (χ1) is 11.9. The van der Waals surface area contributed by atoms with Gasteiger partial charge in [0.15, 0.2) is 0 Å². The number of benzene rings is 1. The van der Waals surface area contributed by atoms with Crippen LogP contribution >= 0.6 is 0 Å². The second-order valence-electron chi connectivity index (χ2n) is 8.22. The first-order valence-corrected chi connectivity index (χ1v) is 10.4. The van der Waals surface area contributed by atoms with Gasteiger partial charge in [0.1, 0.15) is 0 Å². The fraction of sp³-hybridized carbons (Fsp3) is 0.727. The molecule has 1 N–H and O–H groups in total. The molecule has 2 fully saturated rings. The van der Waals surface area contributed by atoms with Crippen LogP contribution in [0.1, 0.15) is 82.8 Å². The van der Waals surface area contributed by atoms with Gasteiger partial charge in [0.2, 0.25) is 0 Å². The summed E-state index contributed by atoms with van der Waals surface area (Å²) >= 11 is 0. The van der Waals surface area contributed by atoms with E-state index in [1.54, 1.807) is 0 Å². The average Bonchev–Trinajstić information content (AvgIpc) is 2.66. The third-order valence-corrected chi connectivity index (χ3v) is 6.64. The summed E-state index contributed by atoms with van der Waals surface area (Å²) in [5, 5.41) is 3.94. The number of ether oxygens (including phenoxy) is 1. The molecule has 0 spiro atoms. The molecule has 2 nitrogen and oxygen atoms in total.